The average Bonchev–Trinajstić information content (AvgIpc) is 2.29. The van der Waals surface area contributed by atoms with Gasteiger partial charge in [-0.05, 0) is 12.1 Å². The molecule has 0 unspecified atom stereocenters. The van der Waals surface area contributed by atoms with Crippen LogP contribution in [0.2, 0.25) is 0 Å². The van der Waals surface area contributed by atoms with E-state index in [2.05, 4.69) is 5.32 Å². The lowest BCUT2D eigenvalue weighted by Gasteiger charge is -2.03. The highest BCUT2D eigenvalue weighted by Gasteiger charge is 2.05. The molecule has 0 saturated heterocycles. The molecule has 0 atom stereocenters. The molecule has 0 spiro atoms. The SMILES string of the molecule is NC(=O)CNC(=O)CCSc1ccccc1F. The highest BCUT2D eigenvalue weighted by atomic mass is 32.2. The van der Waals surface area contributed by atoms with E-state index in [1.165, 1.54) is 17.8 Å². The number of rotatable bonds is 6. The van der Waals surface area contributed by atoms with Crippen LogP contribution in [-0.2, 0) is 9.59 Å². The number of primary amides is 1. The van der Waals surface area contributed by atoms with Crippen LogP contribution in [0.15, 0.2) is 29.2 Å². The number of hydrogen-bond acceptors (Lipinski definition) is 3. The van der Waals surface area contributed by atoms with Crippen molar-refractivity contribution < 1.29 is 14.0 Å². The zero-order valence-electron chi connectivity index (χ0n) is 9.11. The molecule has 0 aliphatic carbocycles. The van der Waals surface area contributed by atoms with Crippen LogP contribution in [0.4, 0.5) is 4.39 Å². The van der Waals surface area contributed by atoms with E-state index in [0.29, 0.717) is 10.6 Å². The summed E-state index contributed by atoms with van der Waals surface area (Å²) in [6.07, 6.45) is 0.215. The van der Waals surface area contributed by atoms with Gasteiger partial charge in [-0.15, -0.1) is 11.8 Å². The molecule has 4 nitrogen and oxygen atoms in total. The molecule has 0 aliphatic heterocycles. The molecule has 1 aromatic carbocycles. The Hall–Kier alpha value is -1.56. The molecule has 0 radical (unpaired) electrons. The Morgan fingerprint density at radius 2 is 2.06 bits per heavy atom. The highest BCUT2D eigenvalue weighted by molar-refractivity contribution is 7.99. The quantitative estimate of drug-likeness (QED) is 0.743. The molecule has 0 fully saturated rings. The van der Waals surface area contributed by atoms with Gasteiger partial charge in [0.05, 0.1) is 6.54 Å². The van der Waals surface area contributed by atoms with Gasteiger partial charge in [-0.2, -0.15) is 0 Å². The standard InChI is InChI=1S/C11H13FN2O2S/c12-8-3-1-2-4-9(8)17-6-5-11(16)14-7-10(13)15/h1-4H,5-7H2,(H2,13,15)(H,14,16). The second-order valence-electron chi connectivity index (χ2n) is 3.27. The van der Waals surface area contributed by atoms with E-state index in [4.69, 9.17) is 5.73 Å². The van der Waals surface area contributed by atoms with Gasteiger partial charge in [-0.25, -0.2) is 4.39 Å². The molecular formula is C11H13FN2O2S. The molecule has 1 rings (SSSR count). The lowest BCUT2D eigenvalue weighted by Crippen LogP contribution is -2.33. The molecule has 0 bridgehead atoms. The van der Waals surface area contributed by atoms with E-state index in [1.54, 1.807) is 18.2 Å². The Morgan fingerprint density at radius 1 is 1.35 bits per heavy atom. The number of benzene rings is 1. The lowest BCUT2D eigenvalue weighted by atomic mass is 10.3. The fourth-order valence-electron chi connectivity index (χ4n) is 1.09. The third kappa shape index (κ3) is 5.35. The molecule has 1 aromatic rings. The minimum atomic E-state index is -0.583. The predicted molar refractivity (Wildman–Crippen MR) is 63.9 cm³/mol. The minimum absolute atomic E-state index is 0.163. The number of amides is 2. The van der Waals surface area contributed by atoms with Crippen molar-refractivity contribution in [2.75, 3.05) is 12.3 Å². The first kappa shape index (κ1) is 13.5. The molecule has 6 heteroatoms. The van der Waals surface area contributed by atoms with Gasteiger partial charge in [-0.1, -0.05) is 12.1 Å². The summed E-state index contributed by atoms with van der Waals surface area (Å²) in [6.45, 7) is -0.163. The van der Waals surface area contributed by atoms with Crippen molar-refractivity contribution in [3.63, 3.8) is 0 Å². The zero-order chi connectivity index (χ0) is 12.7. The molecule has 17 heavy (non-hydrogen) atoms. The summed E-state index contributed by atoms with van der Waals surface area (Å²) in [5.74, 6) is -0.700. The van der Waals surface area contributed by atoms with Gasteiger partial charge in [0.15, 0.2) is 0 Å². The van der Waals surface area contributed by atoms with Crippen LogP contribution >= 0.6 is 11.8 Å². The number of halogens is 1. The molecule has 0 aromatic heterocycles. The van der Waals surface area contributed by atoms with Crippen molar-refractivity contribution in [2.24, 2.45) is 5.73 Å². The summed E-state index contributed by atoms with van der Waals surface area (Å²) in [6, 6.07) is 6.37. The maximum Gasteiger partial charge on any atom is 0.236 e. The highest BCUT2D eigenvalue weighted by Crippen LogP contribution is 2.21. The van der Waals surface area contributed by atoms with E-state index in [1.807, 2.05) is 0 Å². The monoisotopic (exact) mass is 256 g/mol. The summed E-state index contributed by atoms with van der Waals surface area (Å²) in [5.41, 5.74) is 4.87. The van der Waals surface area contributed by atoms with E-state index in [-0.39, 0.29) is 24.7 Å². The Kier molecular flexibility index (Phi) is 5.48. The fourth-order valence-corrected chi connectivity index (χ4v) is 1.98. The summed E-state index contributed by atoms with van der Waals surface area (Å²) in [7, 11) is 0. The van der Waals surface area contributed by atoms with Crippen LogP contribution < -0.4 is 11.1 Å². The van der Waals surface area contributed by atoms with E-state index in [9.17, 15) is 14.0 Å². The third-order valence-electron chi connectivity index (χ3n) is 1.88. The Morgan fingerprint density at radius 3 is 2.71 bits per heavy atom. The topological polar surface area (TPSA) is 72.2 Å². The summed E-state index contributed by atoms with van der Waals surface area (Å²) >= 11 is 1.26. The molecular weight excluding hydrogens is 243 g/mol. The maximum absolute atomic E-state index is 13.2. The third-order valence-corrected chi connectivity index (χ3v) is 2.93. The average molecular weight is 256 g/mol. The minimum Gasteiger partial charge on any atom is -0.368 e. The number of carbonyl (C=O) groups is 2. The van der Waals surface area contributed by atoms with Crippen molar-refractivity contribution in [3.05, 3.63) is 30.1 Å². The first-order valence-electron chi connectivity index (χ1n) is 5.02. The van der Waals surface area contributed by atoms with Crippen molar-refractivity contribution in [3.8, 4) is 0 Å². The molecule has 3 N–H and O–H groups in total. The largest absolute Gasteiger partial charge is 0.368 e. The van der Waals surface area contributed by atoms with E-state index < -0.39 is 5.91 Å². The lowest BCUT2D eigenvalue weighted by molar-refractivity contribution is -0.124. The number of nitrogens with two attached hydrogens (primary N) is 1. The maximum atomic E-state index is 13.2. The smallest absolute Gasteiger partial charge is 0.236 e. The van der Waals surface area contributed by atoms with E-state index in [0.717, 1.165) is 0 Å². The molecule has 0 saturated carbocycles. The zero-order valence-corrected chi connectivity index (χ0v) is 9.93. The van der Waals surface area contributed by atoms with Crippen LogP contribution in [0.25, 0.3) is 0 Å². The van der Waals surface area contributed by atoms with Crippen molar-refractivity contribution in [1.82, 2.24) is 5.32 Å². The Labute approximate surface area is 103 Å². The van der Waals surface area contributed by atoms with Gasteiger partial charge >= 0.3 is 0 Å². The summed E-state index contributed by atoms with van der Waals surface area (Å²) in [4.78, 5) is 22.1. The first-order valence-corrected chi connectivity index (χ1v) is 6.00. The van der Waals surface area contributed by atoms with Crippen LogP contribution in [0.5, 0.6) is 0 Å². The van der Waals surface area contributed by atoms with Gasteiger partial charge in [0.2, 0.25) is 11.8 Å². The Bertz CT molecular complexity index is 412. The van der Waals surface area contributed by atoms with Gasteiger partial charge in [0.1, 0.15) is 5.82 Å². The van der Waals surface area contributed by atoms with Crippen LogP contribution in [0.1, 0.15) is 6.42 Å². The van der Waals surface area contributed by atoms with Crippen LogP contribution in [0, 0.1) is 5.82 Å². The predicted octanol–water partition coefficient (Wildman–Crippen LogP) is 0.909. The summed E-state index contributed by atoms with van der Waals surface area (Å²) in [5, 5.41) is 2.36. The first-order chi connectivity index (χ1) is 8.09. The van der Waals surface area contributed by atoms with E-state index >= 15 is 0 Å². The van der Waals surface area contributed by atoms with Crippen LogP contribution in [0.3, 0.4) is 0 Å². The second kappa shape index (κ2) is 6.90. The van der Waals surface area contributed by atoms with Crippen molar-refractivity contribution in [1.29, 1.82) is 0 Å². The summed E-state index contributed by atoms with van der Waals surface area (Å²) < 4.78 is 13.2. The van der Waals surface area contributed by atoms with Gasteiger partial charge in [-0.3, -0.25) is 9.59 Å². The fraction of sp³-hybridized carbons (Fsp3) is 0.273. The number of nitrogens with one attached hydrogen (secondary N) is 1. The molecule has 2 amide bonds. The van der Waals surface area contributed by atoms with Gasteiger partial charge in [0.25, 0.3) is 0 Å². The number of carbonyl (C=O) groups excluding carboxylic acids is 2. The van der Waals surface area contributed by atoms with Crippen LogP contribution in [-0.4, -0.2) is 24.1 Å². The molecule has 0 heterocycles. The van der Waals surface area contributed by atoms with Crippen molar-refractivity contribution >= 4 is 23.6 Å². The normalized spacial score (nSPS) is 9.94. The number of hydrogen-bond donors (Lipinski definition) is 2. The van der Waals surface area contributed by atoms with Crippen molar-refractivity contribution in [2.45, 2.75) is 11.3 Å². The van der Waals surface area contributed by atoms with Gasteiger partial charge < -0.3 is 11.1 Å². The molecule has 92 valence electrons. The van der Waals surface area contributed by atoms with Gasteiger partial charge in [0, 0.05) is 17.1 Å². The second-order valence-corrected chi connectivity index (χ2v) is 4.41. The number of thioether (sulfide) groups is 1. The Balaban J connectivity index is 2.26. The molecule has 0 aliphatic rings.